The van der Waals surface area contributed by atoms with Crippen LogP contribution in [-0.2, 0) is 0 Å². The number of nitrogens with zero attached hydrogens (tertiary/aromatic N) is 3. The van der Waals surface area contributed by atoms with Gasteiger partial charge in [-0.1, -0.05) is 0 Å². The fourth-order valence-corrected chi connectivity index (χ4v) is 1.38. The van der Waals surface area contributed by atoms with Gasteiger partial charge in [0, 0.05) is 16.1 Å². The lowest BCUT2D eigenvalue weighted by molar-refractivity contribution is 0.194. The molecular weight excluding hydrogens is 238 g/mol. The smallest absolute Gasteiger partial charge is 0.434 e. The minimum Gasteiger partial charge on any atom is -0.463 e. The first-order chi connectivity index (χ1) is 6.18. The Labute approximate surface area is 81.1 Å². The van der Waals surface area contributed by atoms with Crippen LogP contribution in [0, 0.1) is 0 Å². The normalized spacial score (nSPS) is 10.5. The highest BCUT2D eigenvalue weighted by atomic mass is 79.9. The average Bonchev–Trinajstić information content (AvgIpc) is 2.46. The Bertz CT molecular complexity index is 480. The van der Waals surface area contributed by atoms with Crippen LogP contribution in [-0.4, -0.2) is 26.0 Å². The van der Waals surface area contributed by atoms with E-state index in [-0.39, 0.29) is 0 Å². The van der Waals surface area contributed by atoms with Gasteiger partial charge < -0.3 is 5.11 Å². The molecule has 0 aromatic carbocycles. The molecule has 66 valence electrons. The van der Waals surface area contributed by atoms with Crippen molar-refractivity contribution in [3.05, 3.63) is 22.9 Å². The van der Waals surface area contributed by atoms with E-state index in [1.54, 1.807) is 6.07 Å². The molecular formula is C7H4BrN3O2. The van der Waals surface area contributed by atoms with E-state index >= 15 is 0 Å². The van der Waals surface area contributed by atoms with Crippen LogP contribution in [0.1, 0.15) is 0 Å². The summed E-state index contributed by atoms with van der Waals surface area (Å²) in [5.41, 5.74) is 0.343. The fraction of sp³-hybridized carbons (Fsp3) is 0. The van der Waals surface area contributed by atoms with Gasteiger partial charge in [0.05, 0.1) is 6.20 Å². The van der Waals surface area contributed by atoms with Gasteiger partial charge in [-0.3, -0.25) is 0 Å². The van der Waals surface area contributed by atoms with Crippen LogP contribution in [0.5, 0.6) is 0 Å². The second-order valence-electron chi connectivity index (χ2n) is 2.41. The maximum atomic E-state index is 10.6. The molecule has 0 unspecified atom stereocenters. The first-order valence-electron chi connectivity index (χ1n) is 3.41. The van der Waals surface area contributed by atoms with Crippen LogP contribution in [0.25, 0.3) is 11.0 Å². The Morgan fingerprint density at radius 1 is 1.54 bits per heavy atom. The summed E-state index contributed by atoms with van der Waals surface area (Å²) < 4.78 is 1.63. The minimum absolute atomic E-state index is 0.343. The van der Waals surface area contributed by atoms with E-state index in [0.29, 0.717) is 11.0 Å². The van der Waals surface area contributed by atoms with Crippen molar-refractivity contribution in [2.75, 3.05) is 0 Å². The average molecular weight is 242 g/mol. The summed E-state index contributed by atoms with van der Waals surface area (Å²) in [5.74, 6) is 0. The zero-order valence-electron chi connectivity index (χ0n) is 6.31. The molecule has 2 aromatic heterocycles. The number of aromatic nitrogens is 3. The number of carboxylic acid groups (broad SMARTS) is 1. The lowest BCUT2D eigenvalue weighted by atomic mass is 10.4. The third kappa shape index (κ3) is 1.29. The van der Waals surface area contributed by atoms with Crippen LogP contribution in [0.15, 0.2) is 22.9 Å². The van der Waals surface area contributed by atoms with Crippen LogP contribution in [0.3, 0.4) is 0 Å². The van der Waals surface area contributed by atoms with Gasteiger partial charge in [0.1, 0.15) is 0 Å². The van der Waals surface area contributed by atoms with Gasteiger partial charge in [0.2, 0.25) is 0 Å². The molecule has 5 nitrogen and oxygen atoms in total. The maximum absolute atomic E-state index is 10.6. The van der Waals surface area contributed by atoms with E-state index in [0.717, 1.165) is 9.15 Å². The molecule has 13 heavy (non-hydrogen) atoms. The van der Waals surface area contributed by atoms with E-state index in [9.17, 15) is 4.79 Å². The van der Waals surface area contributed by atoms with E-state index in [1.807, 2.05) is 0 Å². The molecule has 0 aliphatic rings. The van der Waals surface area contributed by atoms with Crippen LogP contribution in [0.2, 0.25) is 0 Å². The summed E-state index contributed by atoms with van der Waals surface area (Å²) in [6.07, 6.45) is 1.86. The summed E-state index contributed by atoms with van der Waals surface area (Å²) in [6.45, 7) is 0. The van der Waals surface area contributed by atoms with Crippen LogP contribution >= 0.6 is 15.9 Å². The lowest BCUT2D eigenvalue weighted by Gasteiger charge is -1.93. The standard InChI is InChI=1S/C7H4BrN3O2/c8-5-1-4-2-10-11(7(12)13)6(4)9-3-5/h1-3H,(H,12,13). The van der Waals surface area contributed by atoms with E-state index in [4.69, 9.17) is 5.11 Å². The van der Waals surface area contributed by atoms with Crippen LogP contribution < -0.4 is 0 Å². The predicted octanol–water partition coefficient (Wildman–Crippen LogP) is 1.72. The van der Waals surface area contributed by atoms with E-state index in [2.05, 4.69) is 26.0 Å². The van der Waals surface area contributed by atoms with Crippen molar-refractivity contribution in [1.29, 1.82) is 0 Å². The molecule has 0 spiro atoms. The summed E-state index contributed by atoms with van der Waals surface area (Å²) >= 11 is 3.23. The van der Waals surface area contributed by atoms with Crippen molar-refractivity contribution in [3.8, 4) is 0 Å². The molecule has 6 heteroatoms. The molecule has 0 aliphatic carbocycles. The van der Waals surface area contributed by atoms with Crippen molar-refractivity contribution in [1.82, 2.24) is 14.8 Å². The van der Waals surface area contributed by atoms with Gasteiger partial charge in [0.25, 0.3) is 0 Å². The third-order valence-corrected chi connectivity index (χ3v) is 1.99. The molecule has 1 N–H and O–H groups in total. The number of fused-ring (bicyclic) bond motifs is 1. The van der Waals surface area contributed by atoms with Gasteiger partial charge in [0.15, 0.2) is 5.65 Å². The molecule has 2 rings (SSSR count). The molecule has 2 aromatic rings. The first-order valence-corrected chi connectivity index (χ1v) is 4.20. The zero-order valence-corrected chi connectivity index (χ0v) is 7.89. The van der Waals surface area contributed by atoms with Crippen LogP contribution in [0.4, 0.5) is 4.79 Å². The number of hydrogen-bond donors (Lipinski definition) is 1. The number of halogens is 1. The van der Waals surface area contributed by atoms with Crippen molar-refractivity contribution < 1.29 is 9.90 Å². The molecule has 0 saturated carbocycles. The predicted molar refractivity (Wildman–Crippen MR) is 48.7 cm³/mol. The van der Waals surface area contributed by atoms with Crippen molar-refractivity contribution >= 4 is 33.1 Å². The summed E-state index contributed by atoms with van der Waals surface area (Å²) in [6, 6.07) is 1.76. The quantitative estimate of drug-likeness (QED) is 0.763. The number of pyridine rings is 1. The van der Waals surface area contributed by atoms with Crippen molar-refractivity contribution in [2.24, 2.45) is 0 Å². The van der Waals surface area contributed by atoms with Gasteiger partial charge in [-0.25, -0.2) is 9.78 Å². The Balaban J connectivity index is 2.76. The van der Waals surface area contributed by atoms with E-state index < -0.39 is 6.09 Å². The number of rotatable bonds is 0. The molecule has 0 bridgehead atoms. The summed E-state index contributed by atoms with van der Waals surface area (Å²) in [4.78, 5) is 14.5. The van der Waals surface area contributed by atoms with Gasteiger partial charge in [-0.05, 0) is 22.0 Å². The molecule has 0 amide bonds. The highest BCUT2D eigenvalue weighted by Crippen LogP contribution is 2.16. The SMILES string of the molecule is O=C(O)n1ncc2cc(Br)cnc21. The third-order valence-electron chi connectivity index (χ3n) is 1.56. The van der Waals surface area contributed by atoms with Gasteiger partial charge in [-0.2, -0.15) is 5.10 Å². The topological polar surface area (TPSA) is 68.0 Å². The van der Waals surface area contributed by atoms with Crippen molar-refractivity contribution in [3.63, 3.8) is 0 Å². The first kappa shape index (κ1) is 8.18. The molecule has 0 atom stereocenters. The molecule has 0 radical (unpaired) electrons. The molecule has 0 fully saturated rings. The summed E-state index contributed by atoms with van der Waals surface area (Å²) in [7, 11) is 0. The maximum Gasteiger partial charge on any atom is 0.434 e. The molecule has 2 heterocycles. The largest absolute Gasteiger partial charge is 0.463 e. The fourth-order valence-electron chi connectivity index (χ4n) is 1.03. The highest BCUT2D eigenvalue weighted by molar-refractivity contribution is 9.10. The Hall–Kier alpha value is -1.43. The summed E-state index contributed by atoms with van der Waals surface area (Å²) in [5, 5.41) is 13.1. The monoisotopic (exact) mass is 241 g/mol. The Morgan fingerprint density at radius 2 is 2.31 bits per heavy atom. The zero-order chi connectivity index (χ0) is 9.42. The van der Waals surface area contributed by atoms with Crippen molar-refractivity contribution in [2.45, 2.75) is 0 Å². The second-order valence-corrected chi connectivity index (χ2v) is 3.32. The second kappa shape index (κ2) is 2.81. The minimum atomic E-state index is -1.13. The lowest BCUT2D eigenvalue weighted by Crippen LogP contribution is -2.09. The van der Waals surface area contributed by atoms with Gasteiger partial charge in [-0.15, -0.1) is 4.68 Å². The Morgan fingerprint density at radius 3 is 3.00 bits per heavy atom. The molecule has 0 aliphatic heterocycles. The number of hydrogen-bond acceptors (Lipinski definition) is 3. The number of carbonyl (C=O) groups is 1. The highest BCUT2D eigenvalue weighted by Gasteiger charge is 2.09. The van der Waals surface area contributed by atoms with E-state index in [1.165, 1.54) is 12.4 Å². The Kier molecular flexibility index (Phi) is 1.77. The molecule has 0 saturated heterocycles. The van der Waals surface area contributed by atoms with Gasteiger partial charge >= 0.3 is 6.09 Å².